The highest BCUT2D eigenvalue weighted by atomic mass is 79.9. The van der Waals surface area contributed by atoms with Gasteiger partial charge >= 0.3 is 13.2 Å². The van der Waals surface area contributed by atoms with Crippen LogP contribution in [-0.2, 0) is 66.5 Å². The summed E-state index contributed by atoms with van der Waals surface area (Å²) in [6.45, 7) is 25.2. The van der Waals surface area contributed by atoms with Gasteiger partial charge < -0.3 is 34.2 Å². The second-order valence-corrected chi connectivity index (χ2v) is 31.0. The van der Waals surface area contributed by atoms with Gasteiger partial charge in [-0.2, -0.15) is 10.2 Å². The number of ether oxygens (including phenoxy) is 3. The molecule has 0 spiro atoms. The fourth-order valence-electron chi connectivity index (χ4n) is 11.6. The molecule has 2 aliphatic heterocycles. The maximum Gasteiger partial charge on any atom is 0.498 e. The average Bonchev–Trinajstić information content (AvgIpc) is 1.76. The number of ketones is 1. The molecule has 4 atom stereocenters. The highest BCUT2D eigenvalue weighted by molar-refractivity contribution is 9.10. The number of aromatic nitrogens is 6. The number of methoxy groups -OCH3 is 2. The lowest BCUT2D eigenvalue weighted by atomic mass is 9.81. The minimum Gasteiger partial charge on any atom is -0.444 e. The molecule has 1 aliphatic carbocycles. The standard InChI is InChI=1S/C29H35N3O2S2.C27H35BrN4O4S2.C10H17BN2O2/c1-18-12-19(2)28-23(13-18)27(26(35-28)15-22(33)8-6-5-7-11-34-4)29-31-24-14-20(9-10-25(24)36-29)21-16-30-32(3)17-21;1-15-13-18-22(24-30-19-14-17(28)7-8-20(19)37-24)25(31-21(33)9-10-29-11-12-35-6)38-23(18)16(2)32(15)26(34)36-27(3,4)5;1-9(2)10(3,4)15-11(14-9)8-6-12-13(5)7-8/h9-10,14,16-19H,5-8,11-13,15H2,1-4H3;7-8,14-16,29H,9-13H2,1-6H3,(H,31,33);6-7H,1-5H3. The van der Waals surface area contributed by atoms with Gasteiger partial charge in [-0.25, -0.2) is 14.8 Å². The molecule has 0 bridgehead atoms. The molecule has 0 radical (unpaired) electrons. The molecule has 0 saturated carbocycles. The third-order valence-electron chi connectivity index (χ3n) is 16.7. The number of thiazole rings is 2. The van der Waals surface area contributed by atoms with Crippen molar-refractivity contribution in [2.24, 2.45) is 20.0 Å². The first-order valence-electron chi connectivity index (χ1n) is 30.8. The Morgan fingerprint density at radius 3 is 2.06 bits per heavy atom. The van der Waals surface area contributed by atoms with Gasteiger partial charge in [-0.3, -0.25) is 23.9 Å². The number of fused-ring (bicyclic) bond motifs is 4. The maximum absolute atomic E-state index is 13.1. The van der Waals surface area contributed by atoms with Crippen LogP contribution < -0.4 is 16.1 Å². The number of rotatable bonds is 19. The third kappa shape index (κ3) is 16.5. The summed E-state index contributed by atoms with van der Waals surface area (Å²) >= 11 is 10.3. The van der Waals surface area contributed by atoms with E-state index < -0.39 is 5.60 Å². The lowest BCUT2D eigenvalue weighted by molar-refractivity contribution is -0.118. The van der Waals surface area contributed by atoms with Crippen molar-refractivity contribution in [3.8, 4) is 32.3 Å². The van der Waals surface area contributed by atoms with Gasteiger partial charge in [0.2, 0.25) is 5.91 Å². The van der Waals surface area contributed by atoms with Crippen LogP contribution in [0.1, 0.15) is 152 Å². The number of Topliss-reactive ketones (excluding diaryl/α,β-unsaturated/α-hetero) is 1. The summed E-state index contributed by atoms with van der Waals surface area (Å²) in [7, 11) is 6.90. The van der Waals surface area contributed by atoms with Gasteiger partial charge in [0, 0.05) is 133 Å². The number of benzene rings is 2. The summed E-state index contributed by atoms with van der Waals surface area (Å²) in [6, 6.07) is 12.3. The van der Waals surface area contributed by atoms with E-state index in [2.05, 4.69) is 74.9 Å². The first kappa shape index (κ1) is 68.2. The van der Waals surface area contributed by atoms with Crippen LogP contribution in [0.5, 0.6) is 0 Å². The van der Waals surface area contributed by atoms with Gasteiger partial charge in [0.25, 0.3) is 0 Å². The molecular weight excluding hydrogens is 1270 g/mol. The van der Waals surface area contributed by atoms with Gasteiger partial charge in [-0.05, 0) is 153 Å². The van der Waals surface area contributed by atoms with Crippen LogP contribution in [0.2, 0.25) is 0 Å². The van der Waals surface area contributed by atoms with Crippen molar-refractivity contribution in [3.63, 3.8) is 0 Å². The number of unbranched alkanes of at least 4 members (excludes halogenated alkanes) is 2. The monoisotopic (exact) mass is 1350 g/mol. The number of halogens is 1. The van der Waals surface area contributed by atoms with Crippen molar-refractivity contribution < 1.29 is 37.9 Å². The molecule has 3 aliphatic rings. The number of carbonyl (C=O) groups is 3. The number of hydrogen-bond acceptors (Lipinski definition) is 17. The second-order valence-electron chi connectivity index (χ2n) is 25.8. The molecular formula is C66H87BBrN9O8S4. The van der Waals surface area contributed by atoms with Gasteiger partial charge in [-0.1, -0.05) is 42.3 Å². The number of anilines is 1. The fourth-order valence-corrected chi connectivity index (χ4v) is 16.9. The molecule has 6 aromatic heterocycles. The molecule has 8 aromatic rings. The molecule has 4 unspecified atom stereocenters. The molecule has 17 nitrogen and oxygen atoms in total. The Bertz CT molecular complexity index is 3750. The molecule has 1 fully saturated rings. The Labute approximate surface area is 549 Å². The minimum atomic E-state index is -0.580. The van der Waals surface area contributed by atoms with Crippen molar-refractivity contribution in [1.29, 1.82) is 0 Å². The van der Waals surface area contributed by atoms with Gasteiger partial charge in [0.05, 0.1) is 50.5 Å². The van der Waals surface area contributed by atoms with E-state index in [-0.39, 0.29) is 42.4 Å². The Kier molecular flexibility index (Phi) is 22.3. The van der Waals surface area contributed by atoms with E-state index in [0.29, 0.717) is 63.0 Å². The van der Waals surface area contributed by atoms with Crippen LogP contribution in [-0.4, -0.2) is 123 Å². The van der Waals surface area contributed by atoms with E-state index in [4.69, 9.17) is 33.5 Å². The Balaban J connectivity index is 0.000000172. The van der Waals surface area contributed by atoms with Crippen molar-refractivity contribution in [2.75, 3.05) is 45.8 Å². The highest BCUT2D eigenvalue weighted by Crippen LogP contribution is 2.51. The lowest BCUT2D eigenvalue weighted by Gasteiger charge is -2.39. The van der Waals surface area contributed by atoms with Crippen molar-refractivity contribution in [3.05, 3.63) is 91.4 Å². The Morgan fingerprint density at radius 2 is 1.40 bits per heavy atom. The SMILES string of the molecule is COCCCCCC(=O)Cc1sc2c(c1-c1nc3cc(-c4cnn(C)c4)ccc3s1)CC(C)CC2C.COCCNCCC(=O)Nc1sc2c(c1-c1nc3cc(Br)ccc3s1)CC(C)N(C(=O)OC(C)(C)C)C2C.Cn1cc(B2OC(C)(C)C(C)(C)O2)cn1. The average molecular weight is 1350 g/mol. The summed E-state index contributed by atoms with van der Waals surface area (Å²) < 4.78 is 34.5. The van der Waals surface area contributed by atoms with E-state index in [0.717, 1.165) is 100 Å². The van der Waals surface area contributed by atoms with Crippen molar-refractivity contribution >= 4 is 117 Å². The smallest absolute Gasteiger partial charge is 0.444 e. The van der Waals surface area contributed by atoms with Crippen LogP contribution in [0.3, 0.4) is 0 Å². The summed E-state index contributed by atoms with van der Waals surface area (Å²) in [4.78, 5) is 54.8. The number of nitrogens with zero attached hydrogens (tertiary/aromatic N) is 7. The first-order chi connectivity index (χ1) is 42.2. The molecule has 2 aromatic carbocycles. The summed E-state index contributed by atoms with van der Waals surface area (Å²) in [5.41, 5.74) is 8.78. The van der Waals surface area contributed by atoms with Gasteiger partial charge in [-0.15, -0.1) is 45.3 Å². The van der Waals surface area contributed by atoms with E-state index in [9.17, 15) is 14.4 Å². The zero-order valence-electron chi connectivity index (χ0n) is 54.3. The van der Waals surface area contributed by atoms with E-state index in [1.807, 2.05) is 128 Å². The molecule has 8 heterocycles. The molecule has 2 N–H and O–H groups in total. The van der Waals surface area contributed by atoms with Crippen LogP contribution in [0.25, 0.3) is 52.7 Å². The fraction of sp³-hybridized carbons (Fsp3) is 0.530. The van der Waals surface area contributed by atoms with Crippen LogP contribution in [0.15, 0.2) is 65.7 Å². The van der Waals surface area contributed by atoms with Crippen LogP contribution >= 0.6 is 61.3 Å². The molecule has 11 rings (SSSR count). The van der Waals surface area contributed by atoms with Crippen LogP contribution in [0, 0.1) is 5.92 Å². The summed E-state index contributed by atoms with van der Waals surface area (Å²) in [5, 5.41) is 17.5. The van der Waals surface area contributed by atoms with Crippen molar-refractivity contribution in [2.45, 2.75) is 169 Å². The summed E-state index contributed by atoms with van der Waals surface area (Å²) in [5.74, 6) is 1.46. The number of aryl methyl sites for hydroxylation is 2. The quantitative estimate of drug-likeness (QED) is 0.0576. The predicted molar refractivity (Wildman–Crippen MR) is 367 cm³/mol. The number of nitrogens with one attached hydrogen (secondary N) is 2. The van der Waals surface area contributed by atoms with E-state index >= 15 is 0 Å². The second kappa shape index (κ2) is 29.2. The summed E-state index contributed by atoms with van der Waals surface area (Å²) in [6.07, 6.45) is 14.8. The van der Waals surface area contributed by atoms with Gasteiger partial charge in [0.1, 0.15) is 26.4 Å². The van der Waals surface area contributed by atoms with E-state index in [1.165, 1.54) is 43.3 Å². The predicted octanol–water partition coefficient (Wildman–Crippen LogP) is 14.7. The molecule has 2 amide bonds. The van der Waals surface area contributed by atoms with Crippen LogP contribution in [0.4, 0.5) is 9.80 Å². The zero-order chi connectivity index (χ0) is 64.1. The molecule has 23 heteroatoms. The van der Waals surface area contributed by atoms with E-state index in [1.54, 1.807) is 47.8 Å². The maximum atomic E-state index is 13.1. The first-order valence-corrected chi connectivity index (χ1v) is 34.9. The number of carbonyl (C=O) groups excluding carboxylic acids is 3. The third-order valence-corrected chi connectivity index (χ3v) is 22.0. The van der Waals surface area contributed by atoms with Crippen molar-refractivity contribution in [1.82, 2.24) is 39.7 Å². The largest absolute Gasteiger partial charge is 0.498 e. The molecule has 478 valence electrons. The Morgan fingerprint density at radius 1 is 0.753 bits per heavy atom. The Hall–Kier alpha value is -5.21. The molecule has 1 saturated heterocycles. The highest BCUT2D eigenvalue weighted by Gasteiger charge is 2.52. The molecule has 89 heavy (non-hydrogen) atoms. The number of thiophene rings is 2. The van der Waals surface area contributed by atoms with Gasteiger partial charge in [0.15, 0.2) is 0 Å². The minimum absolute atomic E-state index is 0.0664. The zero-order valence-corrected chi connectivity index (χ0v) is 59.1. The topological polar surface area (TPSA) is 186 Å². The number of amides is 2. The lowest BCUT2D eigenvalue weighted by Crippen LogP contribution is -2.46. The number of hydrogen-bond donors (Lipinski definition) is 2. The normalized spacial score (nSPS) is 18.5.